The molecule has 0 heterocycles. The molecular weight excluding hydrogens is 227 g/mol. The van der Waals surface area contributed by atoms with Gasteiger partial charge in [0.05, 0.1) is 5.97 Å². The molecule has 1 rings (SSSR count). The van der Waals surface area contributed by atoms with Crippen LogP contribution in [0.1, 0.15) is 17.8 Å². The van der Waals surface area contributed by atoms with E-state index in [1.165, 1.54) is 30.5 Å². The quantitative estimate of drug-likeness (QED) is 0.532. The predicted molar refractivity (Wildman–Crippen MR) is 49.8 cm³/mol. The molecule has 0 saturated carbocycles. The van der Waals surface area contributed by atoms with Crippen LogP contribution in [0, 0.1) is 0 Å². The van der Waals surface area contributed by atoms with Crippen LogP contribution in [0.4, 0.5) is 0 Å². The molecule has 72 valence electrons. The zero-order chi connectivity index (χ0) is 9.14. The van der Waals surface area contributed by atoms with E-state index in [-0.39, 0.29) is 64.4 Å². The molecule has 1 atom stereocenters. The average molecular weight is 238 g/mol. The Morgan fingerprint density at radius 2 is 1.71 bits per heavy atom. The molecule has 0 amide bonds. The Balaban J connectivity index is 0. The minimum Gasteiger partial charge on any atom is -0.545 e. The third-order valence-electron chi connectivity index (χ3n) is 1.42. The number of aromatic carboxylic acids is 1. The minimum absolute atomic E-state index is 0. The maximum Gasteiger partial charge on any atom is 1.00 e. The summed E-state index contributed by atoms with van der Waals surface area (Å²) in [6.45, 7) is 0. The van der Waals surface area contributed by atoms with Crippen molar-refractivity contribution in [2.75, 3.05) is 6.26 Å². The molecule has 0 bridgehead atoms. The van der Waals surface area contributed by atoms with Crippen molar-refractivity contribution in [1.29, 1.82) is 0 Å². The Bertz CT molecular complexity index is 288. The second-order valence-electron chi connectivity index (χ2n) is 2.27. The maximum atomic E-state index is 10.9. The summed E-state index contributed by atoms with van der Waals surface area (Å²) in [5, 5.41) is 10.3. The van der Waals surface area contributed by atoms with Crippen molar-refractivity contribution < 1.29 is 65.5 Å². The fourth-order valence-corrected chi connectivity index (χ4v) is 1.30. The molecule has 1 unspecified atom stereocenters. The zero-order valence-corrected chi connectivity index (χ0v) is 11.4. The van der Waals surface area contributed by atoms with E-state index in [2.05, 4.69) is 0 Å². The van der Waals surface area contributed by atoms with Crippen LogP contribution in [0.25, 0.3) is 0 Å². The fourth-order valence-electron chi connectivity index (χ4n) is 0.783. The van der Waals surface area contributed by atoms with E-state index in [1.807, 2.05) is 0 Å². The molecular formula is C9H11KO3S. The fraction of sp³-hybridized carbons (Fsp3) is 0.222. The van der Waals surface area contributed by atoms with Crippen LogP contribution in [0.15, 0.2) is 29.2 Å². The van der Waals surface area contributed by atoms with Gasteiger partial charge < -0.3 is 9.90 Å². The third kappa shape index (κ3) is 4.81. The first-order valence-corrected chi connectivity index (χ1v) is 4.82. The first kappa shape index (κ1) is 16.9. The largest absolute Gasteiger partial charge is 1.00 e. The van der Waals surface area contributed by atoms with Crippen LogP contribution in [-0.4, -0.2) is 16.4 Å². The molecule has 1 aromatic carbocycles. The van der Waals surface area contributed by atoms with Gasteiger partial charge in [-0.1, -0.05) is 19.6 Å². The first-order valence-electron chi connectivity index (χ1n) is 3.26. The molecule has 1 aromatic rings. The van der Waals surface area contributed by atoms with Gasteiger partial charge in [-0.25, -0.2) is 0 Å². The van der Waals surface area contributed by atoms with Gasteiger partial charge in [0, 0.05) is 22.0 Å². The molecule has 3 nitrogen and oxygen atoms in total. The van der Waals surface area contributed by atoms with Crippen LogP contribution < -0.4 is 56.5 Å². The van der Waals surface area contributed by atoms with Crippen LogP contribution in [0.5, 0.6) is 0 Å². The summed E-state index contributed by atoms with van der Waals surface area (Å²) < 4.78 is 10.9. The number of rotatable bonds is 2. The second kappa shape index (κ2) is 7.73. The van der Waals surface area contributed by atoms with Crippen molar-refractivity contribution in [2.45, 2.75) is 12.3 Å². The molecule has 14 heavy (non-hydrogen) atoms. The number of carbonyl (C=O) groups is 1. The van der Waals surface area contributed by atoms with Crippen molar-refractivity contribution in [1.82, 2.24) is 0 Å². The van der Waals surface area contributed by atoms with Gasteiger partial charge in [-0.3, -0.25) is 4.21 Å². The molecule has 0 aliphatic rings. The van der Waals surface area contributed by atoms with Gasteiger partial charge >= 0.3 is 51.4 Å². The van der Waals surface area contributed by atoms with Crippen molar-refractivity contribution in [3.63, 3.8) is 0 Å². The Morgan fingerprint density at radius 3 is 2.00 bits per heavy atom. The molecule has 0 spiro atoms. The molecule has 0 aliphatic heterocycles. The standard InChI is InChI=1S/C8H8O3S.CH4.K/c1-12(11)7-4-2-6(3-5-7)8(9)10;;/h2-5H,1H3,(H,9,10);1H4;/q;;+1/p-1. The molecule has 0 aromatic heterocycles. The normalized spacial score (nSPS) is 10.6. The van der Waals surface area contributed by atoms with Gasteiger partial charge in [-0.15, -0.1) is 0 Å². The summed E-state index contributed by atoms with van der Waals surface area (Å²) in [6, 6.07) is 5.79. The number of benzene rings is 1. The van der Waals surface area contributed by atoms with E-state index in [9.17, 15) is 14.1 Å². The van der Waals surface area contributed by atoms with Crippen molar-refractivity contribution >= 4 is 16.8 Å². The number of carbonyl (C=O) groups excluding carboxylic acids is 1. The second-order valence-corrected chi connectivity index (χ2v) is 3.65. The monoisotopic (exact) mass is 238 g/mol. The topological polar surface area (TPSA) is 57.2 Å². The summed E-state index contributed by atoms with van der Waals surface area (Å²) in [5.41, 5.74) is 0.101. The molecule has 0 aliphatic carbocycles. The van der Waals surface area contributed by atoms with Gasteiger partial charge in [0.15, 0.2) is 0 Å². The van der Waals surface area contributed by atoms with Gasteiger partial charge in [0.1, 0.15) is 0 Å². The predicted octanol–water partition coefficient (Wildman–Crippen LogP) is -2.57. The number of carboxylic acids is 1. The summed E-state index contributed by atoms with van der Waals surface area (Å²) in [5.74, 6) is -1.22. The molecule has 0 saturated heterocycles. The van der Waals surface area contributed by atoms with E-state index < -0.39 is 16.8 Å². The maximum absolute atomic E-state index is 10.9. The van der Waals surface area contributed by atoms with E-state index in [0.717, 1.165) is 0 Å². The summed E-state index contributed by atoms with van der Waals surface area (Å²) in [6.07, 6.45) is 1.54. The Kier molecular flexibility index (Phi) is 9.32. The van der Waals surface area contributed by atoms with Gasteiger partial charge in [-0.05, 0) is 17.7 Å². The number of hydrogen-bond donors (Lipinski definition) is 0. The molecule has 0 N–H and O–H groups in total. The van der Waals surface area contributed by atoms with Crippen molar-refractivity contribution in [3.8, 4) is 0 Å². The van der Waals surface area contributed by atoms with Crippen LogP contribution in [0.3, 0.4) is 0 Å². The zero-order valence-electron chi connectivity index (χ0n) is 7.44. The van der Waals surface area contributed by atoms with Crippen LogP contribution >= 0.6 is 0 Å². The first-order chi connectivity index (χ1) is 5.61. The van der Waals surface area contributed by atoms with Gasteiger partial charge in [0.25, 0.3) is 0 Å². The van der Waals surface area contributed by atoms with Gasteiger partial charge in [-0.2, -0.15) is 0 Å². The van der Waals surface area contributed by atoms with E-state index >= 15 is 0 Å². The summed E-state index contributed by atoms with van der Waals surface area (Å²) in [4.78, 5) is 10.9. The SMILES string of the molecule is C.CS(=O)c1ccc(C(=O)[O-])cc1.[K+]. The molecule has 0 fully saturated rings. The van der Waals surface area contributed by atoms with E-state index in [4.69, 9.17) is 0 Å². The Morgan fingerprint density at radius 1 is 1.29 bits per heavy atom. The van der Waals surface area contributed by atoms with Crippen LogP contribution in [-0.2, 0) is 10.8 Å². The summed E-state index contributed by atoms with van der Waals surface area (Å²) >= 11 is 0. The number of carboxylic acid groups (broad SMARTS) is 1. The Hall–Kier alpha value is 0.476. The minimum atomic E-state index is -1.22. The van der Waals surface area contributed by atoms with Crippen molar-refractivity contribution in [3.05, 3.63) is 29.8 Å². The number of hydrogen-bond acceptors (Lipinski definition) is 3. The summed E-state index contributed by atoms with van der Waals surface area (Å²) in [7, 11) is -1.06. The van der Waals surface area contributed by atoms with Crippen LogP contribution in [0.2, 0.25) is 0 Å². The Labute approximate surface area is 129 Å². The molecule has 0 radical (unpaired) electrons. The van der Waals surface area contributed by atoms with Crippen molar-refractivity contribution in [2.24, 2.45) is 0 Å². The van der Waals surface area contributed by atoms with E-state index in [0.29, 0.717) is 4.90 Å². The van der Waals surface area contributed by atoms with Gasteiger partial charge in [0.2, 0.25) is 0 Å². The molecule has 5 heteroatoms. The van der Waals surface area contributed by atoms with E-state index in [1.54, 1.807) is 0 Å². The smallest absolute Gasteiger partial charge is 0.545 e. The average Bonchev–Trinajstić information content (AvgIpc) is 2.04. The third-order valence-corrected chi connectivity index (χ3v) is 2.36.